The van der Waals surface area contributed by atoms with E-state index in [9.17, 15) is 14.7 Å². The van der Waals surface area contributed by atoms with Crippen molar-refractivity contribution in [3.63, 3.8) is 0 Å². The Morgan fingerprint density at radius 3 is 2.38 bits per heavy atom. The van der Waals surface area contributed by atoms with E-state index in [2.05, 4.69) is 0 Å². The molecule has 0 aliphatic carbocycles. The molecular formula is C14H22N2O4S. The summed E-state index contributed by atoms with van der Waals surface area (Å²) in [6.07, 6.45) is 2.26. The van der Waals surface area contributed by atoms with Gasteiger partial charge >= 0.3 is 12.0 Å². The molecule has 7 heteroatoms. The van der Waals surface area contributed by atoms with Crippen LogP contribution in [0.3, 0.4) is 0 Å². The average molecular weight is 314 g/mol. The number of amides is 2. The molecule has 3 fully saturated rings. The molecular weight excluding hydrogens is 292 g/mol. The monoisotopic (exact) mass is 314 g/mol. The van der Waals surface area contributed by atoms with Crippen LogP contribution in [0.25, 0.3) is 0 Å². The van der Waals surface area contributed by atoms with Crippen molar-refractivity contribution in [1.29, 1.82) is 0 Å². The third-order valence-corrected chi connectivity index (χ3v) is 6.05. The van der Waals surface area contributed by atoms with Gasteiger partial charge in [-0.05, 0) is 18.8 Å². The second-order valence-electron chi connectivity index (χ2n) is 6.37. The Morgan fingerprint density at radius 2 is 1.86 bits per heavy atom. The Bertz CT molecular complexity index is 433. The smallest absolute Gasteiger partial charge is 0.327 e. The number of aliphatic carboxylic acids is 1. The van der Waals surface area contributed by atoms with Crippen LogP contribution in [0.1, 0.15) is 26.7 Å². The number of hydrogen-bond donors (Lipinski definition) is 1. The molecule has 118 valence electrons. The number of fused-ring (bicyclic) bond motifs is 2. The fourth-order valence-electron chi connectivity index (χ4n) is 3.41. The lowest BCUT2D eigenvalue weighted by molar-refractivity contribution is -0.141. The minimum Gasteiger partial charge on any atom is -0.480 e. The number of morpholine rings is 1. The maximum absolute atomic E-state index is 12.9. The summed E-state index contributed by atoms with van der Waals surface area (Å²) in [5, 5.41) is 9.34. The number of carboxylic acids is 1. The number of nitrogens with zero attached hydrogens (tertiary/aromatic N) is 2. The molecule has 3 saturated heterocycles. The Labute approximate surface area is 128 Å². The molecule has 21 heavy (non-hydrogen) atoms. The zero-order valence-electron chi connectivity index (χ0n) is 12.4. The fraction of sp³-hybridized carbons (Fsp3) is 0.857. The van der Waals surface area contributed by atoms with Crippen molar-refractivity contribution in [3.8, 4) is 0 Å². The first-order chi connectivity index (χ1) is 9.97. The van der Waals surface area contributed by atoms with Gasteiger partial charge in [-0.1, -0.05) is 13.8 Å². The number of rotatable bonds is 2. The molecule has 6 nitrogen and oxygen atoms in total. The highest BCUT2D eigenvalue weighted by molar-refractivity contribution is 8.00. The van der Waals surface area contributed by atoms with Crippen molar-refractivity contribution in [2.75, 3.05) is 18.8 Å². The summed E-state index contributed by atoms with van der Waals surface area (Å²) in [6, 6.07) is -0.846. The van der Waals surface area contributed by atoms with Gasteiger partial charge in [-0.2, -0.15) is 0 Å². The van der Waals surface area contributed by atoms with Crippen molar-refractivity contribution in [2.45, 2.75) is 50.3 Å². The van der Waals surface area contributed by atoms with Crippen LogP contribution < -0.4 is 0 Å². The van der Waals surface area contributed by atoms with E-state index >= 15 is 0 Å². The van der Waals surface area contributed by atoms with Crippen LogP contribution in [-0.2, 0) is 9.53 Å². The van der Waals surface area contributed by atoms with Gasteiger partial charge in [-0.25, -0.2) is 9.59 Å². The van der Waals surface area contributed by atoms with Gasteiger partial charge in [-0.3, -0.25) is 4.90 Å². The highest BCUT2D eigenvalue weighted by Gasteiger charge is 2.46. The summed E-state index contributed by atoms with van der Waals surface area (Å²) in [4.78, 5) is 27.7. The summed E-state index contributed by atoms with van der Waals surface area (Å²) in [7, 11) is 0. The molecule has 0 aromatic rings. The largest absolute Gasteiger partial charge is 0.480 e. The zero-order valence-corrected chi connectivity index (χ0v) is 13.2. The van der Waals surface area contributed by atoms with Gasteiger partial charge < -0.3 is 14.7 Å². The highest BCUT2D eigenvalue weighted by Crippen LogP contribution is 2.36. The number of urea groups is 1. The van der Waals surface area contributed by atoms with E-state index in [0.29, 0.717) is 18.8 Å². The van der Waals surface area contributed by atoms with Crippen molar-refractivity contribution >= 4 is 23.8 Å². The van der Waals surface area contributed by atoms with Gasteiger partial charge in [0.25, 0.3) is 0 Å². The van der Waals surface area contributed by atoms with Crippen LogP contribution in [0, 0.1) is 5.92 Å². The second kappa shape index (κ2) is 5.68. The average Bonchev–Trinajstić information content (AvgIpc) is 3.01. The minimum absolute atomic E-state index is 0.0564. The first kappa shape index (κ1) is 15.0. The zero-order chi connectivity index (χ0) is 15.1. The first-order valence-corrected chi connectivity index (χ1v) is 8.59. The molecule has 1 N–H and O–H groups in total. The molecule has 3 rings (SSSR count). The molecule has 4 unspecified atom stereocenters. The molecule has 3 heterocycles. The topological polar surface area (TPSA) is 70.1 Å². The summed E-state index contributed by atoms with van der Waals surface area (Å²) < 4.78 is 5.75. The van der Waals surface area contributed by atoms with E-state index in [1.54, 1.807) is 21.6 Å². The minimum atomic E-state index is -0.907. The van der Waals surface area contributed by atoms with Crippen molar-refractivity contribution in [2.24, 2.45) is 5.92 Å². The lowest BCUT2D eigenvalue weighted by Crippen LogP contribution is -2.56. The summed E-state index contributed by atoms with van der Waals surface area (Å²) >= 11 is 1.57. The van der Waals surface area contributed by atoms with Crippen molar-refractivity contribution < 1.29 is 19.4 Å². The van der Waals surface area contributed by atoms with Gasteiger partial charge in [0.2, 0.25) is 0 Å². The van der Waals surface area contributed by atoms with Gasteiger partial charge in [0, 0.05) is 18.8 Å². The molecule has 0 aromatic carbocycles. The second-order valence-corrected chi connectivity index (χ2v) is 7.52. The lowest BCUT2D eigenvalue weighted by atomic mass is 10.1. The number of carbonyl (C=O) groups excluding carboxylic acids is 1. The third-order valence-electron chi connectivity index (χ3n) is 4.43. The molecule has 0 saturated carbocycles. The molecule has 0 radical (unpaired) electrons. The van der Waals surface area contributed by atoms with Gasteiger partial charge in [0.05, 0.1) is 17.6 Å². The number of ether oxygens (including phenoxy) is 1. The molecule has 3 aliphatic rings. The Kier molecular flexibility index (Phi) is 4.05. The predicted molar refractivity (Wildman–Crippen MR) is 79.2 cm³/mol. The Hall–Kier alpha value is -0.950. The highest BCUT2D eigenvalue weighted by atomic mass is 32.2. The molecule has 2 amide bonds. The SMILES string of the molecule is CC(C)C1SCC(C(=O)O)N1C(=O)N1CC2CCC(C1)O2. The Morgan fingerprint density at radius 1 is 1.24 bits per heavy atom. The van der Waals surface area contributed by atoms with Crippen LogP contribution in [-0.4, -0.2) is 69.4 Å². The van der Waals surface area contributed by atoms with Crippen LogP contribution in [0.4, 0.5) is 4.79 Å². The van der Waals surface area contributed by atoms with Crippen LogP contribution in [0.2, 0.25) is 0 Å². The van der Waals surface area contributed by atoms with E-state index < -0.39 is 12.0 Å². The van der Waals surface area contributed by atoms with Crippen LogP contribution in [0.15, 0.2) is 0 Å². The summed E-state index contributed by atoms with van der Waals surface area (Å²) in [6.45, 7) is 5.25. The molecule has 0 aromatic heterocycles. The Balaban J connectivity index is 1.78. The molecule has 3 aliphatic heterocycles. The first-order valence-electron chi connectivity index (χ1n) is 7.54. The van der Waals surface area contributed by atoms with Gasteiger partial charge in [0.1, 0.15) is 6.04 Å². The quantitative estimate of drug-likeness (QED) is 0.835. The molecule has 0 spiro atoms. The van der Waals surface area contributed by atoms with E-state index in [0.717, 1.165) is 12.8 Å². The number of thioether (sulfide) groups is 1. The van der Waals surface area contributed by atoms with E-state index in [4.69, 9.17) is 4.74 Å². The normalized spacial score (nSPS) is 35.6. The van der Waals surface area contributed by atoms with Crippen LogP contribution in [0.5, 0.6) is 0 Å². The van der Waals surface area contributed by atoms with Crippen molar-refractivity contribution in [3.05, 3.63) is 0 Å². The number of likely N-dealkylation sites (tertiary alicyclic amines) is 1. The lowest BCUT2D eigenvalue weighted by Gasteiger charge is -2.38. The number of carboxylic acid groups (broad SMARTS) is 1. The van der Waals surface area contributed by atoms with E-state index in [-0.39, 0.29) is 29.5 Å². The van der Waals surface area contributed by atoms with Crippen LogP contribution >= 0.6 is 11.8 Å². The summed E-state index contributed by atoms with van der Waals surface area (Å²) in [5.41, 5.74) is 0. The number of carbonyl (C=O) groups is 2. The molecule has 4 atom stereocenters. The van der Waals surface area contributed by atoms with E-state index in [1.165, 1.54) is 0 Å². The van der Waals surface area contributed by atoms with Crippen molar-refractivity contribution in [1.82, 2.24) is 9.80 Å². The van der Waals surface area contributed by atoms with E-state index in [1.807, 2.05) is 13.8 Å². The standard InChI is InChI=1S/C14H22N2O4S/c1-8(2)12-16(11(7-21-12)13(17)18)14(19)15-5-9-3-4-10(6-15)20-9/h8-12H,3-7H2,1-2H3,(H,17,18). The molecule has 2 bridgehead atoms. The predicted octanol–water partition coefficient (Wildman–Crippen LogP) is 1.45. The third kappa shape index (κ3) is 2.73. The summed E-state index contributed by atoms with van der Waals surface area (Å²) in [5.74, 6) is -0.197. The fourth-order valence-corrected chi connectivity index (χ4v) is 4.87. The maximum Gasteiger partial charge on any atom is 0.327 e. The maximum atomic E-state index is 12.9. The van der Waals surface area contributed by atoms with Gasteiger partial charge in [0.15, 0.2) is 0 Å². The number of hydrogen-bond acceptors (Lipinski definition) is 4. The van der Waals surface area contributed by atoms with Gasteiger partial charge in [-0.15, -0.1) is 11.8 Å².